The highest BCUT2D eigenvalue weighted by molar-refractivity contribution is 7.89. The van der Waals surface area contributed by atoms with E-state index in [2.05, 4.69) is 15.5 Å². The van der Waals surface area contributed by atoms with Crippen molar-refractivity contribution in [2.75, 3.05) is 25.1 Å². The molecule has 0 radical (unpaired) electrons. The van der Waals surface area contributed by atoms with Gasteiger partial charge in [0.2, 0.25) is 15.9 Å². The van der Waals surface area contributed by atoms with E-state index in [0.29, 0.717) is 49.2 Å². The Labute approximate surface area is 185 Å². The Hall–Kier alpha value is -3.37. The number of carbonyl (C=O) groups excluding carboxylic acids is 1. The third-order valence-electron chi connectivity index (χ3n) is 5.51. The molecule has 1 aromatic heterocycles. The minimum atomic E-state index is -3.59. The first-order chi connectivity index (χ1) is 15.5. The van der Waals surface area contributed by atoms with Crippen molar-refractivity contribution < 1.29 is 22.7 Å². The summed E-state index contributed by atoms with van der Waals surface area (Å²) in [6.45, 7) is 1.49. The minimum absolute atomic E-state index is 0.160. The standard InChI is InChI=1S/C22H22N4O5S/c27-21(13-15-6-7-19-20(12-15)31-11-10-30-19)23-22-17-8-9-26(14-18(17)24-25-22)32(28,29)16-4-2-1-3-5-16/h1-7,12H,8-11,13-14H2,(H2,23,24,25,27). The Morgan fingerprint density at radius 2 is 1.88 bits per heavy atom. The van der Waals surface area contributed by atoms with Crippen molar-refractivity contribution in [1.82, 2.24) is 14.5 Å². The van der Waals surface area contributed by atoms with Gasteiger partial charge in [0, 0.05) is 12.1 Å². The van der Waals surface area contributed by atoms with Crippen molar-refractivity contribution in [1.29, 1.82) is 0 Å². The van der Waals surface area contributed by atoms with E-state index in [1.54, 1.807) is 42.5 Å². The fourth-order valence-electron chi connectivity index (χ4n) is 3.90. The number of carbonyl (C=O) groups is 1. The predicted molar refractivity (Wildman–Crippen MR) is 116 cm³/mol. The van der Waals surface area contributed by atoms with Crippen LogP contribution in [0.4, 0.5) is 5.82 Å². The number of anilines is 1. The lowest BCUT2D eigenvalue weighted by atomic mass is 10.1. The van der Waals surface area contributed by atoms with Gasteiger partial charge in [0.15, 0.2) is 17.3 Å². The molecule has 2 aliphatic heterocycles. The molecule has 0 aliphatic carbocycles. The number of hydrogen-bond donors (Lipinski definition) is 2. The van der Waals surface area contributed by atoms with Gasteiger partial charge in [0.1, 0.15) is 13.2 Å². The molecule has 2 aromatic carbocycles. The first kappa shape index (κ1) is 20.5. The monoisotopic (exact) mass is 454 g/mol. The van der Waals surface area contributed by atoms with E-state index in [1.165, 1.54) is 4.31 Å². The van der Waals surface area contributed by atoms with Gasteiger partial charge in [-0.2, -0.15) is 9.40 Å². The highest BCUT2D eigenvalue weighted by Crippen LogP contribution is 2.31. The molecule has 3 aromatic rings. The number of aromatic nitrogens is 2. The Balaban J connectivity index is 1.26. The quantitative estimate of drug-likeness (QED) is 0.611. The van der Waals surface area contributed by atoms with Crippen LogP contribution < -0.4 is 14.8 Å². The van der Waals surface area contributed by atoms with Crippen LogP contribution in [0, 0.1) is 0 Å². The molecule has 0 atom stereocenters. The van der Waals surface area contributed by atoms with Gasteiger partial charge in [0.05, 0.1) is 23.6 Å². The van der Waals surface area contributed by atoms with Crippen LogP contribution in [-0.4, -0.2) is 48.6 Å². The number of ether oxygens (including phenoxy) is 2. The first-order valence-electron chi connectivity index (χ1n) is 10.3. The van der Waals surface area contributed by atoms with E-state index in [9.17, 15) is 13.2 Å². The summed E-state index contributed by atoms with van der Waals surface area (Å²) in [7, 11) is -3.59. The predicted octanol–water partition coefficient (Wildman–Crippen LogP) is 2.11. The zero-order valence-electron chi connectivity index (χ0n) is 17.2. The zero-order chi connectivity index (χ0) is 22.1. The Morgan fingerprint density at radius 1 is 1.09 bits per heavy atom. The van der Waals surface area contributed by atoms with Crippen LogP contribution in [0.1, 0.15) is 16.8 Å². The summed E-state index contributed by atoms with van der Waals surface area (Å²) < 4.78 is 38.3. The maximum absolute atomic E-state index is 12.9. The summed E-state index contributed by atoms with van der Waals surface area (Å²) in [4.78, 5) is 12.9. The van der Waals surface area contributed by atoms with E-state index in [-0.39, 0.29) is 23.8 Å². The molecule has 0 saturated carbocycles. The Morgan fingerprint density at radius 3 is 2.69 bits per heavy atom. The van der Waals surface area contributed by atoms with Crippen LogP contribution in [-0.2, 0) is 34.2 Å². The number of hydrogen-bond acceptors (Lipinski definition) is 6. The molecule has 2 N–H and O–H groups in total. The highest BCUT2D eigenvalue weighted by Gasteiger charge is 2.31. The molecule has 0 spiro atoms. The molecule has 166 valence electrons. The summed E-state index contributed by atoms with van der Waals surface area (Å²) in [6, 6.07) is 13.8. The number of H-pyrrole nitrogens is 1. The van der Waals surface area contributed by atoms with Gasteiger partial charge in [-0.15, -0.1) is 0 Å². The molecule has 2 aliphatic rings. The molecular formula is C22H22N4O5S. The summed E-state index contributed by atoms with van der Waals surface area (Å²) in [5.41, 5.74) is 2.32. The van der Waals surface area contributed by atoms with Crippen LogP contribution in [0.15, 0.2) is 53.4 Å². The summed E-state index contributed by atoms with van der Waals surface area (Å²) >= 11 is 0. The largest absolute Gasteiger partial charge is 0.486 e. The number of amides is 1. The third kappa shape index (κ3) is 3.94. The van der Waals surface area contributed by atoms with E-state index in [4.69, 9.17) is 9.47 Å². The van der Waals surface area contributed by atoms with E-state index in [0.717, 1.165) is 11.1 Å². The fraction of sp³-hybridized carbons (Fsp3) is 0.273. The van der Waals surface area contributed by atoms with Crippen LogP contribution in [0.25, 0.3) is 0 Å². The zero-order valence-corrected chi connectivity index (χ0v) is 18.0. The average Bonchev–Trinajstić information content (AvgIpc) is 3.21. The fourth-order valence-corrected chi connectivity index (χ4v) is 5.33. The number of aromatic amines is 1. The van der Waals surface area contributed by atoms with Crippen LogP contribution in [0.5, 0.6) is 11.5 Å². The van der Waals surface area contributed by atoms with Crippen LogP contribution in [0.3, 0.4) is 0 Å². The van der Waals surface area contributed by atoms with Crippen molar-refractivity contribution in [3.05, 3.63) is 65.4 Å². The van der Waals surface area contributed by atoms with Crippen molar-refractivity contribution >= 4 is 21.7 Å². The molecule has 0 saturated heterocycles. The third-order valence-corrected chi connectivity index (χ3v) is 7.37. The van der Waals surface area contributed by atoms with Crippen molar-refractivity contribution in [2.24, 2.45) is 0 Å². The molecule has 3 heterocycles. The minimum Gasteiger partial charge on any atom is -0.486 e. The lowest BCUT2D eigenvalue weighted by Crippen LogP contribution is -2.36. The van der Waals surface area contributed by atoms with Gasteiger partial charge in [-0.1, -0.05) is 24.3 Å². The van der Waals surface area contributed by atoms with E-state index >= 15 is 0 Å². The van der Waals surface area contributed by atoms with Crippen molar-refractivity contribution in [2.45, 2.75) is 24.3 Å². The van der Waals surface area contributed by atoms with Gasteiger partial charge in [-0.3, -0.25) is 9.89 Å². The molecule has 0 bridgehead atoms. The van der Waals surface area contributed by atoms with Crippen LogP contribution >= 0.6 is 0 Å². The molecule has 1 amide bonds. The summed E-state index contributed by atoms with van der Waals surface area (Å²) in [5.74, 6) is 1.55. The smallest absolute Gasteiger partial charge is 0.243 e. The maximum Gasteiger partial charge on any atom is 0.243 e. The van der Waals surface area contributed by atoms with Gasteiger partial charge in [-0.05, 0) is 36.2 Å². The summed E-state index contributed by atoms with van der Waals surface area (Å²) in [5, 5.41) is 9.94. The molecule has 0 fully saturated rings. The normalized spacial score (nSPS) is 15.8. The van der Waals surface area contributed by atoms with Gasteiger partial charge in [0.25, 0.3) is 0 Å². The Bertz CT molecular complexity index is 1260. The topological polar surface area (TPSA) is 114 Å². The number of nitrogens with zero attached hydrogens (tertiary/aromatic N) is 2. The van der Waals surface area contributed by atoms with Gasteiger partial charge < -0.3 is 14.8 Å². The van der Waals surface area contributed by atoms with Crippen molar-refractivity contribution in [3.8, 4) is 11.5 Å². The second-order valence-electron chi connectivity index (χ2n) is 7.63. The summed E-state index contributed by atoms with van der Waals surface area (Å²) in [6.07, 6.45) is 0.615. The van der Waals surface area contributed by atoms with Gasteiger partial charge >= 0.3 is 0 Å². The molecule has 9 nitrogen and oxygen atoms in total. The Kier molecular flexibility index (Phi) is 5.32. The second-order valence-corrected chi connectivity index (χ2v) is 9.57. The van der Waals surface area contributed by atoms with E-state index in [1.807, 2.05) is 6.07 Å². The van der Waals surface area contributed by atoms with Crippen molar-refractivity contribution in [3.63, 3.8) is 0 Å². The molecule has 32 heavy (non-hydrogen) atoms. The van der Waals surface area contributed by atoms with E-state index < -0.39 is 10.0 Å². The second kappa shape index (κ2) is 8.29. The highest BCUT2D eigenvalue weighted by atomic mass is 32.2. The number of benzene rings is 2. The molecule has 10 heteroatoms. The number of rotatable bonds is 5. The molecule has 0 unspecified atom stereocenters. The van der Waals surface area contributed by atoms with Gasteiger partial charge in [-0.25, -0.2) is 8.42 Å². The lowest BCUT2D eigenvalue weighted by molar-refractivity contribution is -0.115. The molecule has 5 rings (SSSR count). The average molecular weight is 455 g/mol. The SMILES string of the molecule is O=C(Cc1ccc2c(c1)OCCO2)Nc1n[nH]c2c1CCN(S(=O)(=O)c1ccccc1)C2. The first-order valence-corrected chi connectivity index (χ1v) is 11.7. The lowest BCUT2D eigenvalue weighted by Gasteiger charge is -2.26. The number of sulfonamides is 1. The van der Waals surface area contributed by atoms with Crippen LogP contribution in [0.2, 0.25) is 0 Å². The molecular weight excluding hydrogens is 432 g/mol. The maximum atomic E-state index is 12.9. The number of fused-ring (bicyclic) bond motifs is 2. The number of nitrogens with one attached hydrogen (secondary N) is 2.